The molecular formula is C23H30BrN3O6S. The summed E-state index contributed by atoms with van der Waals surface area (Å²) < 4.78 is 40.2. The number of carbonyl (C=O) groups excluding carboxylic acids is 1. The van der Waals surface area contributed by atoms with Gasteiger partial charge in [-0.15, -0.1) is 0 Å². The van der Waals surface area contributed by atoms with Gasteiger partial charge in [0.1, 0.15) is 22.5 Å². The maximum Gasteiger partial charge on any atom is 0.321 e. The van der Waals surface area contributed by atoms with Gasteiger partial charge in [0.25, 0.3) is 0 Å². The minimum absolute atomic E-state index is 0.0222. The number of urea groups is 1. The van der Waals surface area contributed by atoms with Crippen molar-refractivity contribution in [1.29, 1.82) is 0 Å². The number of benzene rings is 2. The molecule has 186 valence electrons. The fourth-order valence-corrected chi connectivity index (χ4v) is 5.89. The summed E-state index contributed by atoms with van der Waals surface area (Å²) in [5, 5.41) is 12.5. The summed E-state index contributed by atoms with van der Waals surface area (Å²) in [4.78, 5) is 14.4. The number of carbonyl (C=O) groups is 1. The minimum atomic E-state index is -3.90. The zero-order valence-corrected chi connectivity index (χ0v) is 22.0. The zero-order chi connectivity index (χ0) is 25.0. The van der Waals surface area contributed by atoms with Gasteiger partial charge in [0.2, 0.25) is 10.0 Å². The zero-order valence-electron chi connectivity index (χ0n) is 19.6. The molecule has 0 spiro atoms. The predicted octanol–water partition coefficient (Wildman–Crippen LogP) is 3.39. The highest BCUT2D eigenvalue weighted by Gasteiger charge is 2.38. The number of sulfonamides is 1. The summed E-state index contributed by atoms with van der Waals surface area (Å²) in [6, 6.07) is 10.8. The molecule has 0 unspecified atom stereocenters. The van der Waals surface area contributed by atoms with Gasteiger partial charge in [-0.25, -0.2) is 13.2 Å². The van der Waals surface area contributed by atoms with Gasteiger partial charge < -0.3 is 24.8 Å². The number of aliphatic hydroxyl groups is 1. The highest BCUT2D eigenvalue weighted by atomic mass is 79.9. The summed E-state index contributed by atoms with van der Waals surface area (Å²) in [6.07, 6.45) is -0.509. The van der Waals surface area contributed by atoms with E-state index in [0.29, 0.717) is 15.9 Å². The van der Waals surface area contributed by atoms with Crippen molar-refractivity contribution in [3.05, 3.63) is 46.9 Å². The monoisotopic (exact) mass is 555 g/mol. The van der Waals surface area contributed by atoms with Crippen LogP contribution in [0.25, 0.3) is 0 Å². The number of methoxy groups -OCH3 is 1. The number of anilines is 1. The third kappa shape index (κ3) is 5.65. The van der Waals surface area contributed by atoms with Gasteiger partial charge in [-0.05, 0) is 37.3 Å². The molecule has 2 aromatic rings. The molecule has 11 heteroatoms. The first-order valence-electron chi connectivity index (χ1n) is 10.8. The van der Waals surface area contributed by atoms with Crippen molar-refractivity contribution in [2.45, 2.75) is 30.9 Å². The summed E-state index contributed by atoms with van der Waals surface area (Å²) in [5.41, 5.74) is 0.539. The fourth-order valence-electron chi connectivity index (χ4n) is 3.73. The van der Waals surface area contributed by atoms with Crippen LogP contribution in [0.5, 0.6) is 11.5 Å². The van der Waals surface area contributed by atoms with Gasteiger partial charge in [-0.3, -0.25) is 0 Å². The second-order valence-corrected chi connectivity index (χ2v) is 11.1. The Morgan fingerprint density at radius 2 is 2.06 bits per heavy atom. The van der Waals surface area contributed by atoms with E-state index in [1.54, 1.807) is 44.3 Å². The molecule has 3 atom stereocenters. The van der Waals surface area contributed by atoms with Gasteiger partial charge in [-0.1, -0.05) is 35.0 Å². The lowest BCUT2D eigenvalue weighted by Crippen LogP contribution is -2.50. The van der Waals surface area contributed by atoms with Crippen LogP contribution < -0.4 is 14.8 Å². The van der Waals surface area contributed by atoms with E-state index in [9.17, 15) is 18.3 Å². The highest BCUT2D eigenvalue weighted by Crippen LogP contribution is 2.35. The smallest absolute Gasteiger partial charge is 0.321 e. The van der Waals surface area contributed by atoms with Crippen molar-refractivity contribution in [2.75, 3.05) is 39.2 Å². The van der Waals surface area contributed by atoms with E-state index < -0.39 is 22.2 Å². The molecular weight excluding hydrogens is 526 g/mol. The number of rotatable bonds is 6. The number of para-hydroxylation sites is 2. The van der Waals surface area contributed by atoms with Crippen LogP contribution in [0.1, 0.15) is 13.8 Å². The first kappa shape index (κ1) is 26.3. The maximum atomic E-state index is 13.4. The van der Waals surface area contributed by atoms with Crippen LogP contribution in [-0.4, -0.2) is 74.8 Å². The van der Waals surface area contributed by atoms with Crippen LogP contribution in [0.2, 0.25) is 0 Å². The Bertz CT molecular complexity index is 1130. The average molecular weight is 556 g/mol. The topological polar surface area (TPSA) is 108 Å². The summed E-state index contributed by atoms with van der Waals surface area (Å²) >= 11 is 3.38. The van der Waals surface area contributed by atoms with Gasteiger partial charge in [0.05, 0.1) is 25.9 Å². The van der Waals surface area contributed by atoms with Crippen LogP contribution in [0, 0.1) is 5.92 Å². The molecule has 0 aliphatic carbocycles. The molecule has 2 aromatic carbocycles. The van der Waals surface area contributed by atoms with Gasteiger partial charge in [0.15, 0.2) is 0 Å². The van der Waals surface area contributed by atoms with Crippen molar-refractivity contribution < 1.29 is 27.8 Å². The molecule has 3 rings (SSSR count). The largest absolute Gasteiger partial charge is 0.495 e. The highest BCUT2D eigenvalue weighted by molar-refractivity contribution is 9.10. The third-order valence-corrected chi connectivity index (χ3v) is 8.29. The Hall–Kier alpha value is -2.34. The molecule has 2 amide bonds. The predicted molar refractivity (Wildman–Crippen MR) is 133 cm³/mol. The second kappa shape index (κ2) is 10.9. The molecule has 0 aromatic heterocycles. The summed E-state index contributed by atoms with van der Waals surface area (Å²) in [5.74, 6) is 0.453. The molecule has 9 nitrogen and oxygen atoms in total. The number of ether oxygens (including phenoxy) is 2. The molecule has 0 bridgehead atoms. The lowest BCUT2D eigenvalue weighted by atomic mass is 10.0. The Balaban J connectivity index is 1.89. The molecule has 1 aliphatic rings. The van der Waals surface area contributed by atoms with E-state index in [0.717, 1.165) is 0 Å². The normalized spacial score (nSPS) is 20.8. The Labute approximate surface area is 208 Å². The first-order valence-corrected chi connectivity index (χ1v) is 13.1. The molecule has 0 radical (unpaired) electrons. The Kier molecular flexibility index (Phi) is 8.45. The summed E-state index contributed by atoms with van der Waals surface area (Å²) in [6.45, 7) is 3.55. The van der Waals surface area contributed by atoms with Crippen molar-refractivity contribution in [2.24, 2.45) is 5.92 Å². The van der Waals surface area contributed by atoms with Crippen molar-refractivity contribution in [3.63, 3.8) is 0 Å². The number of hydrogen-bond donors (Lipinski definition) is 2. The van der Waals surface area contributed by atoms with E-state index in [1.807, 2.05) is 13.0 Å². The van der Waals surface area contributed by atoms with Crippen molar-refractivity contribution >= 4 is 37.7 Å². The fraction of sp³-hybridized carbons (Fsp3) is 0.435. The first-order chi connectivity index (χ1) is 16.1. The van der Waals surface area contributed by atoms with Gasteiger partial charge in [-0.2, -0.15) is 4.31 Å². The van der Waals surface area contributed by atoms with Gasteiger partial charge in [0, 0.05) is 30.0 Å². The second-order valence-electron chi connectivity index (χ2n) is 8.34. The molecule has 0 fully saturated rings. The number of nitrogens with zero attached hydrogens (tertiary/aromatic N) is 2. The molecule has 34 heavy (non-hydrogen) atoms. The van der Waals surface area contributed by atoms with Crippen molar-refractivity contribution in [3.8, 4) is 11.5 Å². The average Bonchev–Trinajstić information content (AvgIpc) is 2.80. The van der Waals surface area contributed by atoms with Crippen molar-refractivity contribution in [1.82, 2.24) is 9.21 Å². The number of nitrogens with one attached hydrogen (secondary N) is 1. The Morgan fingerprint density at radius 1 is 1.35 bits per heavy atom. The number of hydrogen-bond acceptors (Lipinski definition) is 6. The van der Waals surface area contributed by atoms with Gasteiger partial charge >= 0.3 is 6.03 Å². The van der Waals surface area contributed by atoms with Crippen LogP contribution >= 0.6 is 15.9 Å². The molecule has 0 saturated heterocycles. The Morgan fingerprint density at radius 3 is 2.74 bits per heavy atom. The van der Waals surface area contributed by atoms with E-state index in [-0.39, 0.29) is 42.3 Å². The van der Waals surface area contributed by atoms with E-state index in [1.165, 1.54) is 22.4 Å². The van der Waals surface area contributed by atoms with Crippen LogP contribution in [0.4, 0.5) is 10.5 Å². The number of halogens is 1. The standard InChI is InChI=1S/C23H30BrN3O6S/c1-15-12-27(16(2)14-28)34(30,31)22-10-9-17(24)11-20(22)33-21(15)13-26(3)23(29)25-18-7-5-6-8-19(18)32-4/h5-11,15-16,21,28H,12-14H2,1-4H3,(H,25,29)/t15-,16+,21-/m1/s1. The molecule has 1 aliphatic heterocycles. The molecule has 2 N–H and O–H groups in total. The molecule has 0 saturated carbocycles. The SMILES string of the molecule is COc1ccccc1NC(=O)N(C)C[C@H]1Oc2cc(Br)ccc2S(=O)(=O)N([C@@H](C)CO)C[C@H]1C. The lowest BCUT2D eigenvalue weighted by Gasteiger charge is -2.37. The van der Waals surface area contributed by atoms with E-state index in [2.05, 4.69) is 21.2 Å². The summed E-state index contributed by atoms with van der Waals surface area (Å²) in [7, 11) is -0.725. The lowest BCUT2D eigenvalue weighted by molar-refractivity contribution is 0.0829. The van der Waals surface area contributed by atoms with E-state index >= 15 is 0 Å². The minimum Gasteiger partial charge on any atom is -0.495 e. The van der Waals surface area contributed by atoms with E-state index in [4.69, 9.17) is 9.47 Å². The third-order valence-electron chi connectivity index (χ3n) is 5.78. The number of amides is 2. The quantitative estimate of drug-likeness (QED) is 0.565. The van der Waals surface area contributed by atoms with Crippen LogP contribution in [-0.2, 0) is 10.0 Å². The number of fused-ring (bicyclic) bond motifs is 1. The number of aliphatic hydroxyl groups excluding tert-OH is 1. The molecule has 1 heterocycles. The van der Waals surface area contributed by atoms with Crippen LogP contribution in [0.15, 0.2) is 51.8 Å². The van der Waals surface area contributed by atoms with Crippen LogP contribution in [0.3, 0.4) is 0 Å². The maximum absolute atomic E-state index is 13.4. The number of likely N-dealkylation sites (N-methyl/N-ethyl adjacent to an activating group) is 1.